The van der Waals surface area contributed by atoms with Crippen LogP contribution in [0.1, 0.15) is 19.8 Å². The van der Waals surface area contributed by atoms with Crippen LogP contribution in [0.5, 0.6) is 0 Å². The summed E-state index contributed by atoms with van der Waals surface area (Å²) in [5, 5.41) is 14.0. The number of benzene rings is 1. The van der Waals surface area contributed by atoms with E-state index in [1.54, 1.807) is 12.1 Å². The Morgan fingerprint density at radius 2 is 2.33 bits per heavy atom. The van der Waals surface area contributed by atoms with Gasteiger partial charge in [0.1, 0.15) is 5.69 Å². The van der Waals surface area contributed by atoms with Crippen molar-refractivity contribution >= 4 is 17.1 Å². The summed E-state index contributed by atoms with van der Waals surface area (Å²) >= 11 is 0. The molecule has 1 saturated heterocycles. The number of rotatable bonds is 3. The minimum atomic E-state index is -0.477. The third-order valence-electron chi connectivity index (χ3n) is 3.08. The molecule has 1 heterocycles. The minimum absolute atomic E-state index is 0.0547. The number of nitrogens with one attached hydrogen (secondary N) is 1. The van der Waals surface area contributed by atoms with Gasteiger partial charge in [-0.15, -0.1) is 0 Å². The summed E-state index contributed by atoms with van der Waals surface area (Å²) in [6, 6.07) is 5.06. The standard InChI is InChI=1S/C12H17N3O3/c1-8-6-10(4-5-18-8)14-9-2-3-12(15(16)17)11(13)7-9/h2-3,7-8,10,14H,4-6,13H2,1H3. The maximum Gasteiger partial charge on any atom is 0.292 e. The number of nitro benzene ring substituents is 1. The number of anilines is 2. The molecule has 1 aliphatic rings. The zero-order valence-electron chi connectivity index (χ0n) is 10.3. The van der Waals surface area contributed by atoms with Crippen LogP contribution >= 0.6 is 0 Å². The van der Waals surface area contributed by atoms with Gasteiger partial charge in [-0.05, 0) is 31.9 Å². The van der Waals surface area contributed by atoms with Crippen LogP contribution in [0, 0.1) is 10.1 Å². The topological polar surface area (TPSA) is 90.4 Å². The summed E-state index contributed by atoms with van der Waals surface area (Å²) in [6.07, 6.45) is 2.10. The van der Waals surface area contributed by atoms with Crippen molar-refractivity contribution < 1.29 is 9.66 Å². The first-order valence-electron chi connectivity index (χ1n) is 5.98. The summed E-state index contributed by atoms with van der Waals surface area (Å²) in [4.78, 5) is 10.2. The van der Waals surface area contributed by atoms with Crippen molar-refractivity contribution in [3.05, 3.63) is 28.3 Å². The summed E-state index contributed by atoms with van der Waals surface area (Å²) in [6.45, 7) is 2.78. The van der Waals surface area contributed by atoms with Crippen molar-refractivity contribution in [2.45, 2.75) is 31.9 Å². The Morgan fingerprint density at radius 3 is 2.94 bits per heavy atom. The van der Waals surface area contributed by atoms with Crippen LogP contribution in [0.25, 0.3) is 0 Å². The molecule has 98 valence electrons. The molecule has 6 nitrogen and oxygen atoms in total. The lowest BCUT2D eigenvalue weighted by molar-refractivity contribution is -0.383. The summed E-state index contributed by atoms with van der Waals surface area (Å²) in [7, 11) is 0. The van der Waals surface area contributed by atoms with Crippen LogP contribution in [0.3, 0.4) is 0 Å². The van der Waals surface area contributed by atoms with Gasteiger partial charge in [0.05, 0.1) is 11.0 Å². The molecular weight excluding hydrogens is 234 g/mol. The van der Waals surface area contributed by atoms with Gasteiger partial charge in [0.15, 0.2) is 0 Å². The molecule has 2 unspecified atom stereocenters. The lowest BCUT2D eigenvalue weighted by Crippen LogP contribution is -2.32. The molecule has 2 rings (SSSR count). The maximum atomic E-state index is 10.7. The maximum absolute atomic E-state index is 10.7. The van der Waals surface area contributed by atoms with Gasteiger partial charge in [-0.1, -0.05) is 0 Å². The van der Waals surface area contributed by atoms with Crippen LogP contribution in [0.4, 0.5) is 17.1 Å². The van der Waals surface area contributed by atoms with E-state index in [4.69, 9.17) is 10.5 Å². The van der Waals surface area contributed by atoms with E-state index < -0.39 is 4.92 Å². The van der Waals surface area contributed by atoms with Crippen molar-refractivity contribution in [1.29, 1.82) is 0 Å². The molecule has 0 amide bonds. The fourth-order valence-electron chi connectivity index (χ4n) is 2.18. The van der Waals surface area contributed by atoms with E-state index >= 15 is 0 Å². The number of ether oxygens (including phenoxy) is 1. The van der Waals surface area contributed by atoms with Gasteiger partial charge < -0.3 is 15.8 Å². The molecule has 0 spiro atoms. The highest BCUT2D eigenvalue weighted by molar-refractivity contribution is 5.66. The number of nitro groups is 1. The van der Waals surface area contributed by atoms with Crippen molar-refractivity contribution in [3.63, 3.8) is 0 Å². The predicted octanol–water partition coefficient (Wildman–Crippen LogP) is 2.16. The zero-order valence-corrected chi connectivity index (χ0v) is 10.3. The number of nitrogens with zero attached hydrogens (tertiary/aromatic N) is 1. The molecule has 18 heavy (non-hydrogen) atoms. The molecule has 1 aromatic carbocycles. The SMILES string of the molecule is CC1CC(Nc2ccc([N+](=O)[O-])c(N)c2)CCO1. The molecule has 3 N–H and O–H groups in total. The molecule has 0 radical (unpaired) electrons. The lowest BCUT2D eigenvalue weighted by atomic mass is 10.0. The molecule has 2 atom stereocenters. The van der Waals surface area contributed by atoms with Gasteiger partial charge in [0, 0.05) is 24.4 Å². The van der Waals surface area contributed by atoms with Crippen molar-refractivity contribution in [1.82, 2.24) is 0 Å². The van der Waals surface area contributed by atoms with Gasteiger partial charge in [-0.25, -0.2) is 0 Å². The Hall–Kier alpha value is -1.82. The molecular formula is C12H17N3O3. The van der Waals surface area contributed by atoms with E-state index in [1.807, 2.05) is 6.92 Å². The normalized spacial score (nSPS) is 23.6. The fraction of sp³-hybridized carbons (Fsp3) is 0.500. The number of hydrogen-bond acceptors (Lipinski definition) is 5. The second-order valence-electron chi connectivity index (χ2n) is 4.58. The van der Waals surface area contributed by atoms with Crippen LogP contribution in [0.15, 0.2) is 18.2 Å². The average Bonchev–Trinajstić information content (AvgIpc) is 2.28. The Labute approximate surface area is 105 Å². The van der Waals surface area contributed by atoms with E-state index in [9.17, 15) is 10.1 Å². The highest BCUT2D eigenvalue weighted by Crippen LogP contribution is 2.26. The van der Waals surface area contributed by atoms with Gasteiger partial charge in [-0.3, -0.25) is 10.1 Å². The van der Waals surface area contributed by atoms with Crippen LogP contribution < -0.4 is 11.1 Å². The van der Waals surface area contributed by atoms with E-state index in [-0.39, 0.29) is 17.5 Å². The van der Waals surface area contributed by atoms with Gasteiger partial charge in [0.25, 0.3) is 5.69 Å². The Balaban J connectivity index is 2.05. The van der Waals surface area contributed by atoms with Crippen LogP contribution in [-0.2, 0) is 4.74 Å². The van der Waals surface area contributed by atoms with Crippen LogP contribution in [-0.4, -0.2) is 23.7 Å². The van der Waals surface area contributed by atoms with Crippen LogP contribution in [0.2, 0.25) is 0 Å². The Kier molecular flexibility index (Phi) is 3.66. The average molecular weight is 251 g/mol. The molecule has 0 bridgehead atoms. The second-order valence-corrected chi connectivity index (χ2v) is 4.58. The quantitative estimate of drug-likeness (QED) is 0.488. The molecule has 1 fully saturated rings. The minimum Gasteiger partial charge on any atom is -0.393 e. The third-order valence-corrected chi connectivity index (χ3v) is 3.08. The lowest BCUT2D eigenvalue weighted by Gasteiger charge is -2.28. The third kappa shape index (κ3) is 2.89. The van der Waals surface area contributed by atoms with E-state index in [2.05, 4.69) is 5.32 Å². The van der Waals surface area contributed by atoms with Gasteiger partial charge in [-0.2, -0.15) is 0 Å². The molecule has 1 aliphatic heterocycles. The smallest absolute Gasteiger partial charge is 0.292 e. The van der Waals surface area contributed by atoms with Crippen molar-refractivity contribution in [2.75, 3.05) is 17.7 Å². The Morgan fingerprint density at radius 1 is 1.56 bits per heavy atom. The van der Waals surface area contributed by atoms with E-state index in [0.717, 1.165) is 25.1 Å². The highest BCUT2D eigenvalue weighted by atomic mass is 16.6. The predicted molar refractivity (Wildman–Crippen MR) is 69.6 cm³/mol. The summed E-state index contributed by atoms with van der Waals surface area (Å²) in [5.74, 6) is 0. The molecule has 6 heteroatoms. The monoisotopic (exact) mass is 251 g/mol. The first-order chi connectivity index (χ1) is 8.56. The first kappa shape index (κ1) is 12.6. The molecule has 1 aromatic rings. The Bertz CT molecular complexity index is 450. The van der Waals surface area contributed by atoms with Crippen molar-refractivity contribution in [2.24, 2.45) is 0 Å². The number of nitrogen functional groups attached to an aromatic ring is 1. The summed E-state index contributed by atoms with van der Waals surface area (Å²) < 4.78 is 5.47. The van der Waals surface area contributed by atoms with Gasteiger partial charge >= 0.3 is 0 Å². The van der Waals surface area contributed by atoms with E-state index in [1.165, 1.54) is 6.07 Å². The second kappa shape index (κ2) is 5.22. The number of hydrogen-bond donors (Lipinski definition) is 2. The number of nitrogens with two attached hydrogens (primary N) is 1. The zero-order chi connectivity index (χ0) is 13.1. The fourth-order valence-corrected chi connectivity index (χ4v) is 2.18. The molecule has 0 saturated carbocycles. The molecule has 0 aliphatic carbocycles. The highest BCUT2D eigenvalue weighted by Gasteiger charge is 2.19. The largest absolute Gasteiger partial charge is 0.393 e. The molecule has 0 aromatic heterocycles. The van der Waals surface area contributed by atoms with Gasteiger partial charge in [0.2, 0.25) is 0 Å². The summed E-state index contributed by atoms with van der Waals surface area (Å²) in [5.41, 5.74) is 6.60. The first-order valence-corrected chi connectivity index (χ1v) is 5.98. The van der Waals surface area contributed by atoms with Crippen molar-refractivity contribution in [3.8, 4) is 0 Å². The van der Waals surface area contributed by atoms with E-state index in [0.29, 0.717) is 6.04 Å².